The fourth-order valence-corrected chi connectivity index (χ4v) is 5.47. The largest absolute Gasteiger partial charge is 0.493 e. The first-order chi connectivity index (χ1) is 19.8. The van der Waals surface area contributed by atoms with Gasteiger partial charge in [-0.15, -0.1) is 6.58 Å². The van der Waals surface area contributed by atoms with Crippen LogP contribution in [0.1, 0.15) is 80.1 Å². The van der Waals surface area contributed by atoms with E-state index in [4.69, 9.17) is 9.47 Å². The minimum Gasteiger partial charge on any atom is -0.493 e. The highest BCUT2D eigenvalue weighted by atomic mass is 19.2. The Kier molecular flexibility index (Phi) is 10.6. The molecule has 3 aromatic rings. The van der Waals surface area contributed by atoms with Crippen molar-refractivity contribution in [3.63, 3.8) is 0 Å². The summed E-state index contributed by atoms with van der Waals surface area (Å²) in [5.74, 6) is -3.09. The van der Waals surface area contributed by atoms with Crippen LogP contribution < -0.4 is 9.47 Å². The van der Waals surface area contributed by atoms with Crippen molar-refractivity contribution < 1.29 is 32.5 Å². The highest BCUT2D eigenvalue weighted by Gasteiger charge is 2.29. The summed E-state index contributed by atoms with van der Waals surface area (Å²) in [7, 11) is 0. The quantitative estimate of drug-likeness (QED) is 0.103. The number of carbonyl (C=O) groups excluding carboxylic acids is 1. The summed E-state index contributed by atoms with van der Waals surface area (Å²) in [6.07, 6.45) is 7.69. The maximum Gasteiger partial charge on any atom is 0.343 e. The lowest BCUT2D eigenvalue weighted by Gasteiger charge is -2.32. The van der Waals surface area contributed by atoms with Gasteiger partial charge < -0.3 is 14.6 Å². The third kappa shape index (κ3) is 7.59. The molecule has 0 amide bonds. The second-order valence-electron chi connectivity index (χ2n) is 10.6. The summed E-state index contributed by atoms with van der Waals surface area (Å²) < 4.78 is 55.5. The molecule has 1 saturated carbocycles. The number of esters is 1. The van der Waals surface area contributed by atoms with E-state index < -0.39 is 23.4 Å². The van der Waals surface area contributed by atoms with E-state index in [0.717, 1.165) is 44.6 Å². The number of benzene rings is 3. The molecule has 0 aromatic heterocycles. The van der Waals surface area contributed by atoms with Crippen LogP contribution >= 0.6 is 0 Å². The summed E-state index contributed by atoms with van der Waals surface area (Å²) >= 11 is 0. The Labute approximate surface area is 239 Å². The van der Waals surface area contributed by atoms with Crippen LogP contribution in [0.5, 0.6) is 11.5 Å². The first-order valence-corrected chi connectivity index (χ1v) is 14.3. The van der Waals surface area contributed by atoms with Crippen molar-refractivity contribution in [2.75, 3.05) is 6.61 Å². The number of halogens is 3. The standard InChI is InChI=1S/C34H37F3O4/c1-3-5-6-20-40-26-16-19-31(29(35)21-26)41-34(39)25-14-10-23(11-15-25)28-18-17-27(32(36)33(28)37)22-8-12-24(13-9-22)30(38)7-4-2/h3,10-11,14-19,21-22,24,30,38H,1,4-9,12-13,20H2,2H3. The summed E-state index contributed by atoms with van der Waals surface area (Å²) in [5, 5.41) is 10.3. The number of rotatable bonds is 12. The predicted octanol–water partition coefficient (Wildman–Crippen LogP) is 8.77. The molecule has 0 aliphatic heterocycles. The lowest BCUT2D eigenvalue weighted by molar-refractivity contribution is 0.0723. The highest BCUT2D eigenvalue weighted by Crippen LogP contribution is 2.40. The SMILES string of the molecule is C=CCCCOc1ccc(OC(=O)c2ccc(-c3ccc(C4CCC(C(O)CCC)CC4)c(F)c3F)cc2)c(F)c1. The highest BCUT2D eigenvalue weighted by molar-refractivity contribution is 5.91. The molecular formula is C34H37F3O4. The average molecular weight is 567 g/mol. The van der Waals surface area contributed by atoms with Gasteiger partial charge in [0, 0.05) is 11.6 Å². The fraction of sp³-hybridized carbons (Fsp3) is 0.382. The molecule has 7 heteroatoms. The minimum atomic E-state index is -0.931. The van der Waals surface area contributed by atoms with Crippen molar-refractivity contribution in [2.45, 2.75) is 70.3 Å². The number of ether oxygens (including phenoxy) is 2. The van der Waals surface area contributed by atoms with E-state index in [1.165, 1.54) is 36.4 Å². The monoisotopic (exact) mass is 566 g/mol. The van der Waals surface area contributed by atoms with Gasteiger partial charge >= 0.3 is 5.97 Å². The molecule has 0 radical (unpaired) electrons. The van der Waals surface area contributed by atoms with Gasteiger partial charge in [-0.2, -0.15) is 0 Å². The van der Waals surface area contributed by atoms with Crippen LogP contribution in [0, 0.1) is 23.4 Å². The number of unbranched alkanes of at least 4 members (excludes halogenated alkanes) is 1. The van der Waals surface area contributed by atoms with E-state index in [0.29, 0.717) is 36.3 Å². The van der Waals surface area contributed by atoms with E-state index in [2.05, 4.69) is 6.58 Å². The lowest BCUT2D eigenvalue weighted by atomic mass is 9.75. The molecular weight excluding hydrogens is 529 g/mol. The molecule has 4 rings (SSSR count). The molecule has 1 fully saturated rings. The Morgan fingerprint density at radius 3 is 2.41 bits per heavy atom. The van der Waals surface area contributed by atoms with Crippen LogP contribution in [0.25, 0.3) is 11.1 Å². The van der Waals surface area contributed by atoms with Crippen molar-refractivity contribution in [1.82, 2.24) is 0 Å². The lowest BCUT2D eigenvalue weighted by Crippen LogP contribution is -2.25. The smallest absolute Gasteiger partial charge is 0.343 e. The van der Waals surface area contributed by atoms with E-state index in [-0.39, 0.29) is 34.8 Å². The van der Waals surface area contributed by atoms with Gasteiger partial charge in [0.05, 0.1) is 18.3 Å². The third-order valence-corrected chi connectivity index (χ3v) is 7.81. The van der Waals surface area contributed by atoms with Gasteiger partial charge in [-0.1, -0.05) is 43.7 Å². The topological polar surface area (TPSA) is 55.8 Å². The van der Waals surface area contributed by atoms with E-state index in [9.17, 15) is 14.3 Å². The Morgan fingerprint density at radius 2 is 1.76 bits per heavy atom. The van der Waals surface area contributed by atoms with Gasteiger partial charge in [-0.05, 0) is 92.2 Å². The first-order valence-electron chi connectivity index (χ1n) is 14.3. The molecule has 0 spiro atoms. The molecule has 0 saturated heterocycles. The zero-order valence-electron chi connectivity index (χ0n) is 23.4. The maximum atomic E-state index is 15.2. The molecule has 1 aliphatic carbocycles. The first kappa shape index (κ1) is 30.4. The molecule has 3 aromatic carbocycles. The molecule has 1 N–H and O–H groups in total. The van der Waals surface area contributed by atoms with Crippen molar-refractivity contribution in [2.24, 2.45) is 5.92 Å². The molecule has 4 nitrogen and oxygen atoms in total. The van der Waals surface area contributed by atoms with Crippen LogP contribution in [-0.4, -0.2) is 23.8 Å². The van der Waals surface area contributed by atoms with Crippen molar-refractivity contribution in [3.05, 3.63) is 95.8 Å². The number of aliphatic hydroxyl groups excluding tert-OH is 1. The summed E-state index contributed by atoms with van der Waals surface area (Å²) in [4.78, 5) is 12.6. The second kappa shape index (κ2) is 14.4. The number of allylic oxidation sites excluding steroid dienone is 1. The molecule has 1 atom stereocenters. The van der Waals surface area contributed by atoms with Crippen LogP contribution in [0.3, 0.4) is 0 Å². The Morgan fingerprint density at radius 1 is 1.02 bits per heavy atom. The normalized spacial score (nSPS) is 17.6. The fourth-order valence-electron chi connectivity index (χ4n) is 5.47. The number of aliphatic hydroxyl groups is 1. The Balaban J connectivity index is 1.39. The average Bonchev–Trinajstić information content (AvgIpc) is 2.98. The molecule has 0 bridgehead atoms. The van der Waals surface area contributed by atoms with Crippen LogP contribution in [0.2, 0.25) is 0 Å². The van der Waals surface area contributed by atoms with E-state index >= 15 is 8.78 Å². The maximum absolute atomic E-state index is 15.2. The van der Waals surface area contributed by atoms with Gasteiger partial charge in [0.2, 0.25) is 0 Å². The molecule has 1 aliphatic rings. The number of carbonyl (C=O) groups is 1. The van der Waals surface area contributed by atoms with Crippen molar-refractivity contribution in [3.8, 4) is 22.6 Å². The van der Waals surface area contributed by atoms with E-state index in [1.807, 2.05) is 6.92 Å². The molecule has 0 heterocycles. The Bertz CT molecular complexity index is 1330. The minimum absolute atomic E-state index is 0.0842. The summed E-state index contributed by atoms with van der Waals surface area (Å²) in [5.41, 5.74) is 0.996. The third-order valence-electron chi connectivity index (χ3n) is 7.81. The summed E-state index contributed by atoms with van der Waals surface area (Å²) in [6.45, 7) is 6.09. The Hall–Kier alpha value is -3.58. The van der Waals surface area contributed by atoms with Gasteiger partial charge in [-0.25, -0.2) is 18.0 Å². The van der Waals surface area contributed by atoms with Gasteiger partial charge in [0.25, 0.3) is 0 Å². The zero-order valence-corrected chi connectivity index (χ0v) is 23.4. The molecule has 41 heavy (non-hydrogen) atoms. The number of hydrogen-bond acceptors (Lipinski definition) is 4. The van der Waals surface area contributed by atoms with Crippen LogP contribution in [-0.2, 0) is 0 Å². The number of hydrogen-bond donors (Lipinski definition) is 1. The zero-order chi connectivity index (χ0) is 29.4. The molecule has 218 valence electrons. The predicted molar refractivity (Wildman–Crippen MR) is 154 cm³/mol. The van der Waals surface area contributed by atoms with E-state index in [1.54, 1.807) is 18.2 Å². The summed E-state index contributed by atoms with van der Waals surface area (Å²) in [6, 6.07) is 13.1. The van der Waals surface area contributed by atoms with Gasteiger partial charge in [-0.3, -0.25) is 0 Å². The van der Waals surface area contributed by atoms with Crippen molar-refractivity contribution >= 4 is 5.97 Å². The van der Waals surface area contributed by atoms with Crippen LogP contribution in [0.4, 0.5) is 13.2 Å². The van der Waals surface area contributed by atoms with Crippen molar-refractivity contribution in [1.29, 1.82) is 0 Å². The second-order valence-corrected chi connectivity index (χ2v) is 10.6. The molecule has 1 unspecified atom stereocenters. The van der Waals surface area contributed by atoms with Gasteiger partial charge in [0.15, 0.2) is 23.2 Å². The van der Waals surface area contributed by atoms with Gasteiger partial charge in [0.1, 0.15) is 5.75 Å². The van der Waals surface area contributed by atoms with Crippen LogP contribution in [0.15, 0.2) is 67.3 Å².